The Morgan fingerprint density at radius 2 is 1.66 bits per heavy atom. The Kier molecular flexibility index (Phi) is 6.09. The molecule has 0 unspecified atom stereocenters. The van der Waals surface area contributed by atoms with Crippen LogP contribution in [0.3, 0.4) is 0 Å². The lowest BCUT2D eigenvalue weighted by molar-refractivity contribution is -0.137. The molecule has 0 aliphatic carbocycles. The zero-order valence-corrected chi connectivity index (χ0v) is 18.2. The van der Waals surface area contributed by atoms with E-state index in [1.807, 2.05) is 0 Å². The monoisotopic (exact) mass is 449 g/mol. The third-order valence-corrected chi connectivity index (χ3v) is 5.35. The highest BCUT2D eigenvalue weighted by molar-refractivity contribution is 6.36. The van der Waals surface area contributed by atoms with Crippen LogP contribution in [0.4, 0.5) is 5.69 Å². The Bertz CT molecular complexity index is 1190. The minimum absolute atomic E-state index is 0.133. The summed E-state index contributed by atoms with van der Waals surface area (Å²) < 4.78 is 10.4. The average Bonchev–Trinajstić information content (AvgIpc) is 3.04. The number of benzene rings is 2. The highest BCUT2D eigenvalue weighted by atomic mass is 35.5. The van der Waals surface area contributed by atoms with Crippen LogP contribution in [0.2, 0.25) is 5.02 Å². The van der Waals surface area contributed by atoms with E-state index >= 15 is 0 Å². The van der Waals surface area contributed by atoms with E-state index in [0.29, 0.717) is 27.8 Å². The van der Waals surface area contributed by atoms with Crippen LogP contribution >= 0.6 is 11.6 Å². The van der Waals surface area contributed by atoms with Crippen molar-refractivity contribution < 1.29 is 19.1 Å². The average molecular weight is 450 g/mol. The molecule has 0 saturated carbocycles. The number of nitrogens with zero attached hydrogens (tertiary/aromatic N) is 2. The quantitative estimate of drug-likeness (QED) is 0.546. The van der Waals surface area contributed by atoms with Gasteiger partial charge in [0, 0.05) is 18.1 Å². The number of hydrogen-bond acceptors (Lipinski definition) is 6. The first kappa shape index (κ1) is 21.4. The predicted octanol–water partition coefficient (Wildman–Crippen LogP) is 4.14. The molecular formula is C24H20ClN3O4. The van der Waals surface area contributed by atoms with Gasteiger partial charge in [0.2, 0.25) is 0 Å². The number of imide groups is 1. The fourth-order valence-corrected chi connectivity index (χ4v) is 3.68. The molecule has 0 atom stereocenters. The number of aromatic nitrogens is 1. The lowest BCUT2D eigenvalue weighted by Crippen LogP contribution is -2.32. The van der Waals surface area contributed by atoms with Gasteiger partial charge in [0.25, 0.3) is 11.8 Å². The first-order chi connectivity index (χ1) is 15.5. The number of carbonyl (C=O) groups excluding carboxylic acids is 2. The number of pyridine rings is 1. The molecule has 0 radical (unpaired) electrons. The van der Waals surface area contributed by atoms with Crippen LogP contribution in [0.5, 0.6) is 11.5 Å². The molecule has 2 amide bonds. The Morgan fingerprint density at radius 1 is 0.938 bits per heavy atom. The van der Waals surface area contributed by atoms with Gasteiger partial charge < -0.3 is 14.8 Å². The molecule has 1 N–H and O–H groups in total. The van der Waals surface area contributed by atoms with Crippen molar-refractivity contribution >= 4 is 34.7 Å². The summed E-state index contributed by atoms with van der Waals surface area (Å²) in [6.07, 6.45) is 3.24. The first-order valence-electron chi connectivity index (χ1n) is 9.76. The summed E-state index contributed by atoms with van der Waals surface area (Å²) in [4.78, 5) is 31.9. The van der Waals surface area contributed by atoms with Crippen LogP contribution in [-0.4, -0.2) is 35.9 Å². The van der Waals surface area contributed by atoms with Crippen LogP contribution in [0.15, 0.2) is 72.7 Å². The lowest BCUT2D eigenvalue weighted by Gasteiger charge is -2.15. The Hall–Kier alpha value is -3.84. The summed E-state index contributed by atoms with van der Waals surface area (Å²) in [5, 5.41) is 3.47. The largest absolute Gasteiger partial charge is 0.497 e. The van der Waals surface area contributed by atoms with Crippen molar-refractivity contribution in [3.63, 3.8) is 0 Å². The van der Waals surface area contributed by atoms with Gasteiger partial charge >= 0.3 is 0 Å². The van der Waals surface area contributed by atoms with E-state index in [1.54, 1.807) is 74.1 Å². The van der Waals surface area contributed by atoms with E-state index in [2.05, 4.69) is 10.3 Å². The maximum atomic E-state index is 13.4. The summed E-state index contributed by atoms with van der Waals surface area (Å²) in [5.41, 5.74) is 2.41. The molecule has 1 aromatic heterocycles. The zero-order valence-electron chi connectivity index (χ0n) is 17.5. The van der Waals surface area contributed by atoms with Crippen LogP contribution in [0.1, 0.15) is 11.1 Å². The predicted molar refractivity (Wildman–Crippen MR) is 121 cm³/mol. The second-order valence-electron chi connectivity index (χ2n) is 7.00. The summed E-state index contributed by atoms with van der Waals surface area (Å²) in [6, 6.07) is 15.6. The first-order valence-corrected chi connectivity index (χ1v) is 10.1. The molecule has 162 valence electrons. The van der Waals surface area contributed by atoms with E-state index in [0.717, 1.165) is 5.56 Å². The van der Waals surface area contributed by atoms with Crippen LogP contribution in [0, 0.1) is 0 Å². The Labute approximate surface area is 190 Å². The number of ether oxygens (including phenoxy) is 2. The second kappa shape index (κ2) is 9.11. The molecule has 7 nitrogen and oxygen atoms in total. The number of amides is 2. The molecule has 3 aromatic rings. The lowest BCUT2D eigenvalue weighted by atomic mass is 10.0. The molecule has 0 bridgehead atoms. The molecule has 32 heavy (non-hydrogen) atoms. The van der Waals surface area contributed by atoms with Gasteiger partial charge in [0.1, 0.15) is 17.2 Å². The van der Waals surface area contributed by atoms with Crippen molar-refractivity contribution in [3.8, 4) is 11.5 Å². The number of methoxy groups -OCH3 is 2. The highest BCUT2D eigenvalue weighted by Crippen LogP contribution is 2.34. The minimum atomic E-state index is -0.426. The molecule has 0 spiro atoms. The van der Waals surface area contributed by atoms with Crippen molar-refractivity contribution in [2.24, 2.45) is 0 Å². The standard InChI is InChI=1S/C24H20ClN3O4/c1-31-18-6-3-16(4-7-18)21-22(27-17-5-8-20(32-2)19(25)13-17)24(30)28(23(21)29)14-15-9-11-26-12-10-15/h3-13,27H,14H2,1-2H3. The Morgan fingerprint density at radius 3 is 2.28 bits per heavy atom. The van der Waals surface area contributed by atoms with Crippen molar-refractivity contribution in [1.82, 2.24) is 9.88 Å². The summed E-state index contributed by atoms with van der Waals surface area (Å²) in [5.74, 6) is 0.342. The van der Waals surface area contributed by atoms with Crippen LogP contribution in [-0.2, 0) is 16.1 Å². The van der Waals surface area contributed by atoms with E-state index in [1.165, 1.54) is 12.0 Å². The van der Waals surface area contributed by atoms with Crippen LogP contribution in [0.25, 0.3) is 5.57 Å². The summed E-state index contributed by atoms with van der Waals surface area (Å²) >= 11 is 6.24. The van der Waals surface area contributed by atoms with Gasteiger partial charge in [0.05, 0.1) is 31.4 Å². The summed E-state index contributed by atoms with van der Waals surface area (Å²) in [6.45, 7) is 0.133. The minimum Gasteiger partial charge on any atom is -0.497 e. The molecule has 0 fully saturated rings. The van der Waals surface area contributed by atoms with Gasteiger partial charge in [-0.05, 0) is 53.6 Å². The summed E-state index contributed by atoms with van der Waals surface area (Å²) in [7, 11) is 3.09. The van der Waals surface area contributed by atoms with Crippen molar-refractivity contribution in [1.29, 1.82) is 0 Å². The smallest absolute Gasteiger partial charge is 0.278 e. The number of carbonyl (C=O) groups is 2. The van der Waals surface area contributed by atoms with Gasteiger partial charge in [-0.15, -0.1) is 0 Å². The molecule has 8 heteroatoms. The topological polar surface area (TPSA) is 80.8 Å². The number of nitrogens with one attached hydrogen (secondary N) is 1. The molecule has 2 aromatic carbocycles. The Balaban J connectivity index is 1.74. The fourth-order valence-electron chi connectivity index (χ4n) is 3.42. The molecule has 0 saturated heterocycles. The third-order valence-electron chi connectivity index (χ3n) is 5.06. The number of anilines is 1. The SMILES string of the molecule is COc1ccc(C2=C(Nc3ccc(OC)c(Cl)c3)C(=O)N(Cc3ccncc3)C2=O)cc1. The van der Waals surface area contributed by atoms with E-state index in [9.17, 15) is 9.59 Å². The van der Waals surface area contributed by atoms with Gasteiger partial charge in [0.15, 0.2) is 0 Å². The van der Waals surface area contributed by atoms with Crippen molar-refractivity contribution in [2.75, 3.05) is 19.5 Å². The maximum absolute atomic E-state index is 13.4. The maximum Gasteiger partial charge on any atom is 0.278 e. The zero-order chi connectivity index (χ0) is 22.7. The number of hydrogen-bond donors (Lipinski definition) is 1. The van der Waals surface area contributed by atoms with E-state index in [-0.39, 0.29) is 23.7 Å². The second-order valence-corrected chi connectivity index (χ2v) is 7.41. The van der Waals surface area contributed by atoms with E-state index < -0.39 is 5.91 Å². The molecule has 1 aliphatic rings. The number of halogens is 1. The highest BCUT2D eigenvalue weighted by Gasteiger charge is 2.39. The molecule has 1 aliphatic heterocycles. The molecule has 2 heterocycles. The van der Waals surface area contributed by atoms with E-state index in [4.69, 9.17) is 21.1 Å². The van der Waals surface area contributed by atoms with Crippen molar-refractivity contribution in [2.45, 2.75) is 6.54 Å². The fraction of sp³-hybridized carbons (Fsp3) is 0.125. The molecular weight excluding hydrogens is 430 g/mol. The van der Waals surface area contributed by atoms with Gasteiger partial charge in [-0.2, -0.15) is 0 Å². The molecule has 4 rings (SSSR count). The van der Waals surface area contributed by atoms with Crippen LogP contribution < -0.4 is 14.8 Å². The van der Waals surface area contributed by atoms with Gasteiger partial charge in [-0.1, -0.05) is 23.7 Å². The van der Waals surface area contributed by atoms with Crippen molar-refractivity contribution in [3.05, 3.63) is 88.8 Å². The third kappa shape index (κ3) is 4.15. The normalized spacial score (nSPS) is 13.5. The number of rotatable bonds is 7. The van der Waals surface area contributed by atoms with Gasteiger partial charge in [-0.3, -0.25) is 19.5 Å². The van der Waals surface area contributed by atoms with Gasteiger partial charge in [-0.25, -0.2) is 0 Å².